The molecular weight excluding hydrogens is 262 g/mol. The fourth-order valence-electron chi connectivity index (χ4n) is 1.76. The van der Waals surface area contributed by atoms with E-state index in [0.29, 0.717) is 6.42 Å². The van der Waals surface area contributed by atoms with Crippen molar-refractivity contribution in [1.29, 1.82) is 0 Å². The van der Waals surface area contributed by atoms with Crippen LogP contribution in [0, 0.1) is 6.92 Å². The van der Waals surface area contributed by atoms with Gasteiger partial charge in [0.05, 0.1) is 13.1 Å². The number of carbonyl (C=O) groups excluding carboxylic acids is 1. The summed E-state index contributed by atoms with van der Waals surface area (Å²) in [6.07, 6.45) is 2.72. The number of alkyl halides is 2. The lowest BCUT2D eigenvalue weighted by atomic mass is 10.1. The van der Waals surface area contributed by atoms with Gasteiger partial charge >= 0.3 is 0 Å². The molecule has 0 atom stereocenters. The third-order valence-corrected chi connectivity index (χ3v) is 3.08. The third-order valence-electron chi connectivity index (χ3n) is 3.08. The zero-order valence-corrected chi connectivity index (χ0v) is 11.8. The summed E-state index contributed by atoms with van der Waals surface area (Å²) in [4.78, 5) is 11.4. The molecule has 1 aromatic rings. The summed E-state index contributed by atoms with van der Waals surface area (Å²) in [7, 11) is 0. The van der Waals surface area contributed by atoms with Crippen LogP contribution in [0.5, 0.6) is 0 Å². The van der Waals surface area contributed by atoms with Crippen molar-refractivity contribution in [2.75, 3.05) is 13.1 Å². The summed E-state index contributed by atoms with van der Waals surface area (Å²) in [5, 5.41) is 2.21. The highest BCUT2D eigenvalue weighted by Gasteiger charge is 2.26. The summed E-state index contributed by atoms with van der Waals surface area (Å²) in [6, 6.07) is 8.24. The second kappa shape index (κ2) is 7.94. The fourth-order valence-corrected chi connectivity index (χ4v) is 1.76. The summed E-state index contributed by atoms with van der Waals surface area (Å²) in [5.41, 5.74) is 7.33. The van der Waals surface area contributed by atoms with E-state index < -0.39 is 19.0 Å². The van der Waals surface area contributed by atoms with Gasteiger partial charge in [0.15, 0.2) is 0 Å². The van der Waals surface area contributed by atoms with Crippen LogP contribution in [0.2, 0.25) is 0 Å². The molecule has 0 heterocycles. The van der Waals surface area contributed by atoms with E-state index in [0.717, 1.165) is 12.8 Å². The van der Waals surface area contributed by atoms with Crippen molar-refractivity contribution < 1.29 is 13.6 Å². The SMILES string of the molecule is Cc1ccc(CCCCC(=O)NCC(F)(F)CN)cc1. The zero-order valence-electron chi connectivity index (χ0n) is 11.8. The molecule has 0 aromatic heterocycles. The van der Waals surface area contributed by atoms with Gasteiger partial charge < -0.3 is 11.1 Å². The molecule has 0 aliphatic carbocycles. The van der Waals surface area contributed by atoms with E-state index >= 15 is 0 Å². The number of nitrogens with two attached hydrogens (primary N) is 1. The van der Waals surface area contributed by atoms with Crippen LogP contribution < -0.4 is 11.1 Å². The van der Waals surface area contributed by atoms with E-state index in [1.807, 2.05) is 6.92 Å². The van der Waals surface area contributed by atoms with Gasteiger partial charge in [0.25, 0.3) is 5.92 Å². The predicted molar refractivity (Wildman–Crippen MR) is 75.7 cm³/mol. The third kappa shape index (κ3) is 6.61. The molecule has 20 heavy (non-hydrogen) atoms. The first-order valence-corrected chi connectivity index (χ1v) is 6.83. The summed E-state index contributed by atoms with van der Waals surface area (Å²) in [6.45, 7) is 0.603. The fraction of sp³-hybridized carbons (Fsp3) is 0.533. The number of amides is 1. The van der Waals surface area contributed by atoms with Crippen LogP contribution >= 0.6 is 0 Å². The summed E-state index contributed by atoms with van der Waals surface area (Å²) < 4.78 is 25.6. The van der Waals surface area contributed by atoms with E-state index in [2.05, 4.69) is 29.6 Å². The second-order valence-corrected chi connectivity index (χ2v) is 5.03. The zero-order chi connectivity index (χ0) is 15.0. The Balaban J connectivity index is 2.14. The van der Waals surface area contributed by atoms with Gasteiger partial charge in [-0.3, -0.25) is 4.79 Å². The molecule has 0 radical (unpaired) electrons. The Labute approximate surface area is 118 Å². The Morgan fingerprint density at radius 2 is 1.90 bits per heavy atom. The Morgan fingerprint density at radius 3 is 2.50 bits per heavy atom. The highest BCUT2D eigenvalue weighted by Crippen LogP contribution is 2.10. The van der Waals surface area contributed by atoms with Gasteiger partial charge in [-0.2, -0.15) is 0 Å². The highest BCUT2D eigenvalue weighted by atomic mass is 19.3. The minimum atomic E-state index is -3.02. The molecule has 5 heteroatoms. The van der Waals surface area contributed by atoms with Gasteiger partial charge in [-0.15, -0.1) is 0 Å². The minimum absolute atomic E-state index is 0.270. The Kier molecular flexibility index (Phi) is 6.58. The Morgan fingerprint density at radius 1 is 1.25 bits per heavy atom. The maximum atomic E-state index is 12.8. The van der Waals surface area contributed by atoms with Crippen molar-refractivity contribution in [1.82, 2.24) is 5.32 Å². The van der Waals surface area contributed by atoms with Crippen LogP contribution in [-0.2, 0) is 11.2 Å². The molecule has 3 N–H and O–H groups in total. The Hall–Kier alpha value is -1.49. The number of halogens is 2. The van der Waals surface area contributed by atoms with Crippen LogP contribution in [0.1, 0.15) is 30.4 Å². The normalized spacial score (nSPS) is 11.4. The average molecular weight is 284 g/mol. The molecule has 1 rings (SSSR count). The van der Waals surface area contributed by atoms with Gasteiger partial charge in [-0.1, -0.05) is 29.8 Å². The van der Waals surface area contributed by atoms with Crippen molar-refractivity contribution in [3.8, 4) is 0 Å². The monoisotopic (exact) mass is 284 g/mol. The van der Waals surface area contributed by atoms with Crippen LogP contribution in [0.4, 0.5) is 8.78 Å². The molecule has 0 fully saturated rings. The molecule has 0 saturated heterocycles. The maximum absolute atomic E-state index is 12.8. The lowest BCUT2D eigenvalue weighted by Gasteiger charge is -2.14. The maximum Gasteiger partial charge on any atom is 0.277 e. The molecule has 0 saturated carbocycles. The first-order valence-electron chi connectivity index (χ1n) is 6.83. The Bertz CT molecular complexity index is 418. The molecular formula is C15H22F2N2O. The van der Waals surface area contributed by atoms with Gasteiger partial charge in [-0.05, 0) is 31.7 Å². The molecule has 112 valence electrons. The minimum Gasteiger partial charge on any atom is -0.350 e. The largest absolute Gasteiger partial charge is 0.350 e. The van der Waals surface area contributed by atoms with Crippen molar-refractivity contribution in [2.45, 2.75) is 38.5 Å². The lowest BCUT2D eigenvalue weighted by molar-refractivity contribution is -0.123. The van der Waals surface area contributed by atoms with Gasteiger partial charge in [0.2, 0.25) is 5.91 Å². The molecule has 0 aliphatic rings. The number of hydrogen-bond donors (Lipinski definition) is 2. The highest BCUT2D eigenvalue weighted by molar-refractivity contribution is 5.75. The first kappa shape index (κ1) is 16.6. The molecule has 3 nitrogen and oxygen atoms in total. The van der Waals surface area contributed by atoms with Crippen molar-refractivity contribution >= 4 is 5.91 Å². The smallest absolute Gasteiger partial charge is 0.277 e. The average Bonchev–Trinajstić information content (AvgIpc) is 2.43. The van der Waals surface area contributed by atoms with E-state index in [1.54, 1.807) is 0 Å². The molecule has 1 amide bonds. The van der Waals surface area contributed by atoms with Gasteiger partial charge in [0, 0.05) is 6.42 Å². The molecule has 0 aliphatic heterocycles. The van der Waals surface area contributed by atoms with Crippen molar-refractivity contribution in [2.24, 2.45) is 5.73 Å². The molecule has 0 bridgehead atoms. The summed E-state index contributed by atoms with van der Waals surface area (Å²) in [5.74, 6) is -3.36. The van der Waals surface area contributed by atoms with Crippen molar-refractivity contribution in [3.05, 3.63) is 35.4 Å². The van der Waals surface area contributed by atoms with Crippen LogP contribution in [0.3, 0.4) is 0 Å². The number of nitrogens with one attached hydrogen (secondary N) is 1. The topological polar surface area (TPSA) is 55.1 Å². The predicted octanol–water partition coefficient (Wildman–Crippen LogP) is 2.42. The quantitative estimate of drug-likeness (QED) is 0.720. The van der Waals surface area contributed by atoms with Gasteiger partial charge in [0.1, 0.15) is 0 Å². The first-order chi connectivity index (χ1) is 9.43. The second-order valence-electron chi connectivity index (χ2n) is 5.03. The number of hydrogen-bond acceptors (Lipinski definition) is 2. The standard InChI is InChI=1S/C15H22F2N2O/c1-12-6-8-13(9-7-12)4-2-3-5-14(20)19-11-15(16,17)10-18/h6-9H,2-5,10-11,18H2,1H3,(H,19,20). The van der Waals surface area contributed by atoms with Crippen LogP contribution in [0.25, 0.3) is 0 Å². The van der Waals surface area contributed by atoms with E-state index in [-0.39, 0.29) is 12.3 Å². The van der Waals surface area contributed by atoms with E-state index in [9.17, 15) is 13.6 Å². The number of benzene rings is 1. The van der Waals surface area contributed by atoms with E-state index in [1.165, 1.54) is 11.1 Å². The van der Waals surface area contributed by atoms with E-state index in [4.69, 9.17) is 5.73 Å². The summed E-state index contributed by atoms with van der Waals surface area (Å²) >= 11 is 0. The number of carbonyl (C=O) groups is 1. The molecule has 0 spiro atoms. The lowest BCUT2D eigenvalue weighted by Crippen LogP contribution is -2.41. The van der Waals surface area contributed by atoms with Crippen molar-refractivity contribution in [3.63, 3.8) is 0 Å². The number of aryl methyl sites for hydroxylation is 2. The van der Waals surface area contributed by atoms with Crippen LogP contribution in [0.15, 0.2) is 24.3 Å². The number of unbranched alkanes of at least 4 members (excludes halogenated alkanes) is 1. The van der Waals surface area contributed by atoms with Crippen LogP contribution in [-0.4, -0.2) is 24.9 Å². The number of rotatable bonds is 8. The van der Waals surface area contributed by atoms with Gasteiger partial charge in [-0.25, -0.2) is 8.78 Å². The molecule has 0 unspecified atom stereocenters. The molecule has 1 aromatic carbocycles.